The molecular weight excluding hydrogens is 442 g/mol. The van der Waals surface area contributed by atoms with E-state index in [1.54, 1.807) is 16.5 Å². The molecule has 0 aliphatic carbocycles. The predicted octanol–water partition coefficient (Wildman–Crippen LogP) is 5.06. The topological polar surface area (TPSA) is 71.5 Å². The number of amides is 2. The van der Waals surface area contributed by atoms with Crippen molar-refractivity contribution in [2.24, 2.45) is 0 Å². The van der Waals surface area contributed by atoms with Gasteiger partial charge in [-0.1, -0.05) is 30.3 Å². The lowest BCUT2D eigenvalue weighted by Crippen LogP contribution is -2.41. The second-order valence-corrected chi connectivity index (χ2v) is 9.43. The summed E-state index contributed by atoms with van der Waals surface area (Å²) in [6.45, 7) is 4.09. The molecule has 32 heavy (non-hydrogen) atoms. The van der Waals surface area contributed by atoms with E-state index in [0.29, 0.717) is 42.4 Å². The highest BCUT2D eigenvalue weighted by Crippen LogP contribution is 2.40. The maximum Gasteiger partial charge on any atom is 0.257 e. The zero-order valence-corrected chi connectivity index (χ0v) is 19.1. The van der Waals surface area contributed by atoms with E-state index in [9.17, 15) is 9.59 Å². The fourth-order valence-electron chi connectivity index (χ4n) is 3.82. The minimum atomic E-state index is -0.239. The molecule has 1 N–H and O–H groups in total. The summed E-state index contributed by atoms with van der Waals surface area (Å²) in [5, 5.41) is 3.60. The standard InChI is InChI=1S/C24H21N3O3S2/c1-15-20(24(29)27-9-11-30-12-10-27)23(32-21(15)16-5-3-2-4-6-16)26-22(28)17-7-8-18-19(13-17)31-14-25-18/h2-8,13-14H,9-12H2,1H3,(H,26,28). The van der Waals surface area contributed by atoms with Crippen LogP contribution in [0.25, 0.3) is 20.7 Å². The zero-order valence-electron chi connectivity index (χ0n) is 17.5. The normalized spacial score (nSPS) is 14.0. The number of hydrogen-bond donors (Lipinski definition) is 1. The Morgan fingerprint density at radius 1 is 1.09 bits per heavy atom. The highest BCUT2D eigenvalue weighted by molar-refractivity contribution is 7.20. The monoisotopic (exact) mass is 463 g/mol. The first-order chi connectivity index (χ1) is 15.6. The van der Waals surface area contributed by atoms with E-state index in [1.165, 1.54) is 22.7 Å². The average molecular weight is 464 g/mol. The van der Waals surface area contributed by atoms with Crippen LogP contribution in [0.3, 0.4) is 0 Å². The van der Waals surface area contributed by atoms with Crippen molar-refractivity contribution in [1.82, 2.24) is 9.88 Å². The van der Waals surface area contributed by atoms with Crippen LogP contribution in [0.1, 0.15) is 26.3 Å². The number of benzene rings is 2. The van der Waals surface area contributed by atoms with Crippen molar-refractivity contribution in [1.29, 1.82) is 0 Å². The molecule has 3 heterocycles. The van der Waals surface area contributed by atoms with Crippen molar-refractivity contribution in [2.45, 2.75) is 6.92 Å². The lowest BCUT2D eigenvalue weighted by Gasteiger charge is -2.27. The smallest absolute Gasteiger partial charge is 0.257 e. The van der Waals surface area contributed by atoms with E-state index in [1.807, 2.05) is 49.4 Å². The molecule has 5 rings (SSSR count). The predicted molar refractivity (Wildman–Crippen MR) is 129 cm³/mol. The fraction of sp³-hybridized carbons (Fsp3) is 0.208. The number of carbonyl (C=O) groups is 2. The molecule has 2 amide bonds. The highest BCUT2D eigenvalue weighted by atomic mass is 32.1. The third-order valence-electron chi connectivity index (χ3n) is 5.52. The number of aromatic nitrogens is 1. The summed E-state index contributed by atoms with van der Waals surface area (Å²) in [6, 6.07) is 15.4. The molecule has 0 unspecified atom stereocenters. The second kappa shape index (κ2) is 8.82. The van der Waals surface area contributed by atoms with Crippen LogP contribution >= 0.6 is 22.7 Å². The first-order valence-electron chi connectivity index (χ1n) is 10.3. The maximum atomic E-state index is 13.5. The number of nitrogens with one attached hydrogen (secondary N) is 1. The van der Waals surface area contributed by atoms with Gasteiger partial charge in [0, 0.05) is 23.5 Å². The maximum absolute atomic E-state index is 13.5. The number of anilines is 1. The lowest BCUT2D eigenvalue weighted by molar-refractivity contribution is 0.0303. The van der Waals surface area contributed by atoms with E-state index in [4.69, 9.17) is 4.74 Å². The summed E-state index contributed by atoms with van der Waals surface area (Å²) in [6.07, 6.45) is 0. The largest absolute Gasteiger partial charge is 0.378 e. The van der Waals surface area contributed by atoms with Gasteiger partial charge in [0.1, 0.15) is 5.00 Å². The van der Waals surface area contributed by atoms with Gasteiger partial charge in [0.15, 0.2) is 0 Å². The summed E-state index contributed by atoms with van der Waals surface area (Å²) < 4.78 is 6.36. The molecule has 8 heteroatoms. The molecule has 4 aromatic rings. The van der Waals surface area contributed by atoms with Crippen LogP contribution in [0.4, 0.5) is 5.00 Å². The fourth-order valence-corrected chi connectivity index (χ4v) is 5.74. The summed E-state index contributed by atoms with van der Waals surface area (Å²) in [7, 11) is 0. The Balaban J connectivity index is 1.53. The van der Waals surface area contributed by atoms with Crippen molar-refractivity contribution in [3.63, 3.8) is 0 Å². The number of rotatable bonds is 4. The number of thiazole rings is 1. The van der Waals surface area contributed by atoms with Crippen LogP contribution in [-0.4, -0.2) is 48.0 Å². The molecule has 2 aromatic heterocycles. The summed E-state index contributed by atoms with van der Waals surface area (Å²) in [5.41, 5.74) is 5.64. The Morgan fingerprint density at radius 3 is 2.66 bits per heavy atom. The Bertz CT molecular complexity index is 1290. The van der Waals surface area contributed by atoms with Crippen molar-refractivity contribution < 1.29 is 14.3 Å². The van der Waals surface area contributed by atoms with Gasteiger partial charge in [-0.15, -0.1) is 22.7 Å². The van der Waals surface area contributed by atoms with Crippen LogP contribution in [0.15, 0.2) is 54.0 Å². The van der Waals surface area contributed by atoms with E-state index < -0.39 is 0 Å². The van der Waals surface area contributed by atoms with Crippen molar-refractivity contribution in [3.8, 4) is 10.4 Å². The molecule has 1 saturated heterocycles. The molecule has 0 saturated carbocycles. The van der Waals surface area contributed by atoms with Crippen LogP contribution < -0.4 is 5.32 Å². The molecule has 0 atom stereocenters. The van der Waals surface area contributed by atoms with Gasteiger partial charge >= 0.3 is 0 Å². The molecular formula is C24H21N3O3S2. The van der Waals surface area contributed by atoms with Gasteiger partial charge in [0.05, 0.1) is 34.5 Å². The number of hydrogen-bond acceptors (Lipinski definition) is 6. The molecule has 0 radical (unpaired) electrons. The van der Waals surface area contributed by atoms with Crippen molar-refractivity contribution in [3.05, 3.63) is 70.7 Å². The van der Waals surface area contributed by atoms with Gasteiger partial charge < -0.3 is 15.0 Å². The molecule has 1 fully saturated rings. The first-order valence-corrected chi connectivity index (χ1v) is 12.0. The Morgan fingerprint density at radius 2 is 1.88 bits per heavy atom. The first kappa shape index (κ1) is 20.8. The molecule has 162 valence electrons. The van der Waals surface area contributed by atoms with Crippen molar-refractivity contribution >= 4 is 49.7 Å². The minimum Gasteiger partial charge on any atom is -0.378 e. The SMILES string of the molecule is Cc1c(-c2ccccc2)sc(NC(=O)c2ccc3ncsc3c2)c1C(=O)N1CCOCC1. The number of ether oxygens (including phenoxy) is 1. The number of morpholine rings is 1. The van der Waals surface area contributed by atoms with Crippen LogP contribution in [0, 0.1) is 6.92 Å². The van der Waals surface area contributed by atoms with E-state index >= 15 is 0 Å². The molecule has 0 spiro atoms. The molecule has 2 aromatic carbocycles. The zero-order chi connectivity index (χ0) is 22.1. The van der Waals surface area contributed by atoms with E-state index in [0.717, 1.165) is 26.2 Å². The van der Waals surface area contributed by atoms with Gasteiger partial charge in [-0.25, -0.2) is 4.98 Å². The number of carbonyl (C=O) groups excluding carboxylic acids is 2. The van der Waals surface area contributed by atoms with Gasteiger partial charge in [0.25, 0.3) is 11.8 Å². The summed E-state index contributed by atoms with van der Waals surface area (Å²) in [5.74, 6) is -0.311. The molecule has 1 aliphatic rings. The lowest BCUT2D eigenvalue weighted by atomic mass is 10.1. The third kappa shape index (κ3) is 3.92. The Hall–Kier alpha value is -3.07. The van der Waals surface area contributed by atoms with Gasteiger partial charge in [-0.3, -0.25) is 9.59 Å². The molecule has 1 aliphatic heterocycles. The number of nitrogens with zero attached hydrogens (tertiary/aromatic N) is 2. The van der Waals surface area contributed by atoms with Gasteiger partial charge in [-0.05, 0) is 36.2 Å². The summed E-state index contributed by atoms with van der Waals surface area (Å²) in [4.78, 5) is 33.6. The number of thiophene rings is 1. The van der Waals surface area contributed by atoms with E-state index in [2.05, 4.69) is 10.3 Å². The number of fused-ring (bicyclic) bond motifs is 1. The highest BCUT2D eigenvalue weighted by Gasteiger charge is 2.28. The van der Waals surface area contributed by atoms with Gasteiger partial charge in [-0.2, -0.15) is 0 Å². The third-order valence-corrected chi connectivity index (χ3v) is 7.56. The van der Waals surface area contributed by atoms with Crippen molar-refractivity contribution in [2.75, 3.05) is 31.6 Å². The van der Waals surface area contributed by atoms with E-state index in [-0.39, 0.29) is 11.8 Å². The molecule has 0 bridgehead atoms. The van der Waals surface area contributed by atoms with Crippen LogP contribution in [-0.2, 0) is 4.74 Å². The van der Waals surface area contributed by atoms with Crippen LogP contribution in [0.5, 0.6) is 0 Å². The van der Waals surface area contributed by atoms with Crippen LogP contribution in [0.2, 0.25) is 0 Å². The second-order valence-electron chi connectivity index (χ2n) is 7.52. The minimum absolute atomic E-state index is 0.0718. The quantitative estimate of drug-likeness (QED) is 0.459. The average Bonchev–Trinajstić information content (AvgIpc) is 3.43. The molecule has 6 nitrogen and oxygen atoms in total. The van der Waals surface area contributed by atoms with Gasteiger partial charge in [0.2, 0.25) is 0 Å². The Labute approximate surface area is 193 Å². The summed E-state index contributed by atoms with van der Waals surface area (Å²) >= 11 is 2.93. The Kier molecular flexibility index (Phi) is 5.73.